The maximum absolute atomic E-state index is 15.5. The fourth-order valence-electron chi connectivity index (χ4n) is 3.13. The lowest BCUT2D eigenvalue weighted by atomic mass is 10.1. The number of benzene rings is 2. The molecule has 0 aliphatic heterocycles. The average molecular weight is 801 g/mol. The number of ether oxygens (including phenoxy) is 2. The quantitative estimate of drug-likeness (QED) is 0.0761. The smallest absolute Gasteiger partial charge is 0.490 e. The zero-order valence-corrected chi connectivity index (χ0v) is 28.1. The van der Waals surface area contributed by atoms with E-state index in [0.717, 1.165) is 0 Å². The van der Waals surface area contributed by atoms with Crippen LogP contribution in [0, 0.1) is 17.1 Å². The van der Waals surface area contributed by atoms with Crippen LogP contribution in [0.2, 0.25) is 0 Å². The summed E-state index contributed by atoms with van der Waals surface area (Å²) in [6.45, 7) is 0.974. The largest absolute Gasteiger partial charge is 0.490 e. The minimum absolute atomic E-state index is 0.0369. The van der Waals surface area contributed by atoms with Gasteiger partial charge in [-0.25, -0.2) is 27.0 Å². The van der Waals surface area contributed by atoms with Crippen molar-refractivity contribution in [1.82, 2.24) is 4.72 Å². The number of halogens is 7. The van der Waals surface area contributed by atoms with Gasteiger partial charge in [0.05, 0.1) is 18.6 Å². The van der Waals surface area contributed by atoms with Crippen LogP contribution in [0.25, 0.3) is 10.1 Å². The molecular formula is C26H28F7N4O11PS2. The maximum atomic E-state index is 15.5. The van der Waals surface area contributed by atoms with Crippen LogP contribution in [-0.2, 0) is 24.2 Å². The van der Waals surface area contributed by atoms with Gasteiger partial charge in [-0.1, -0.05) is 18.2 Å². The van der Waals surface area contributed by atoms with Crippen LogP contribution in [0.1, 0.15) is 18.4 Å². The van der Waals surface area contributed by atoms with Crippen molar-refractivity contribution in [1.29, 1.82) is 5.26 Å². The molecule has 0 radical (unpaired) electrons. The number of rotatable bonds is 14. The molecule has 15 nitrogen and oxygen atoms in total. The number of nitrogens with two attached hydrogens (primary N) is 2. The second-order valence-corrected chi connectivity index (χ2v) is 14.0. The molecule has 1 aromatic heterocycles. The molecule has 0 saturated heterocycles. The molecule has 51 heavy (non-hydrogen) atoms. The van der Waals surface area contributed by atoms with Crippen molar-refractivity contribution in [2.45, 2.75) is 29.4 Å². The number of alkyl halides is 6. The number of carbonyl (C=O) groups is 2. The zero-order chi connectivity index (χ0) is 39.2. The van der Waals surface area contributed by atoms with E-state index < -0.39 is 58.2 Å². The predicted octanol–water partition coefficient (Wildman–Crippen LogP) is 4.13. The number of para-hydroxylation sites is 1. The first-order valence-corrected chi connectivity index (χ1v) is 17.6. The summed E-state index contributed by atoms with van der Waals surface area (Å²) in [5, 5.41) is 23.8. The van der Waals surface area contributed by atoms with Gasteiger partial charge >= 0.3 is 31.9 Å². The van der Waals surface area contributed by atoms with Crippen LogP contribution in [0.3, 0.4) is 0 Å². The third-order valence-electron chi connectivity index (χ3n) is 5.30. The van der Waals surface area contributed by atoms with Crippen molar-refractivity contribution >= 4 is 51.0 Å². The summed E-state index contributed by atoms with van der Waals surface area (Å²) in [5.41, 5.74) is 10.8. The molecule has 25 heteroatoms. The minimum Gasteiger partial charge on any atom is -0.490 e. The van der Waals surface area contributed by atoms with E-state index >= 15 is 4.39 Å². The van der Waals surface area contributed by atoms with Gasteiger partial charge < -0.3 is 40.6 Å². The average Bonchev–Trinajstić information content (AvgIpc) is 3.37. The highest BCUT2D eigenvalue weighted by atomic mass is 32.2. The summed E-state index contributed by atoms with van der Waals surface area (Å²) >= 11 is 0.536. The Kier molecular flexibility index (Phi) is 17.0. The summed E-state index contributed by atoms with van der Waals surface area (Å²) in [6, 6.07) is 10.9. The lowest BCUT2D eigenvalue weighted by molar-refractivity contribution is -0.193. The van der Waals surface area contributed by atoms with Gasteiger partial charge in [-0.3, -0.25) is 0 Å². The number of carboxylic acid groups (broad SMARTS) is 2. The predicted molar refractivity (Wildman–Crippen MR) is 164 cm³/mol. The van der Waals surface area contributed by atoms with Crippen LogP contribution >= 0.6 is 18.9 Å². The third-order valence-corrected chi connectivity index (χ3v) is 9.57. The highest BCUT2D eigenvalue weighted by molar-refractivity contribution is 7.92. The molecule has 3 aromatic rings. The number of thiophene rings is 1. The minimum atomic E-state index is -5.08. The van der Waals surface area contributed by atoms with Crippen LogP contribution in [-0.4, -0.2) is 80.4 Å². The Morgan fingerprint density at radius 1 is 0.961 bits per heavy atom. The number of carboxylic acids is 2. The normalized spacial score (nSPS) is 12.6. The van der Waals surface area contributed by atoms with Crippen molar-refractivity contribution in [3.8, 4) is 23.3 Å². The van der Waals surface area contributed by atoms with Crippen molar-refractivity contribution in [2.75, 3.05) is 32.6 Å². The van der Waals surface area contributed by atoms with Gasteiger partial charge in [0.2, 0.25) is 0 Å². The molecule has 3 rings (SSSR count). The maximum Gasteiger partial charge on any atom is 0.490 e. The molecule has 0 bridgehead atoms. The topological polar surface area (TPSA) is 262 Å². The highest BCUT2D eigenvalue weighted by Crippen LogP contribution is 2.45. The Morgan fingerprint density at radius 3 is 1.90 bits per heavy atom. The van der Waals surface area contributed by atoms with Gasteiger partial charge in [0, 0.05) is 10.8 Å². The lowest BCUT2D eigenvalue weighted by Crippen LogP contribution is -2.25. The van der Waals surface area contributed by atoms with Crippen LogP contribution < -0.4 is 30.2 Å². The number of hydrogen-bond acceptors (Lipinski definition) is 12. The summed E-state index contributed by atoms with van der Waals surface area (Å²) in [5.74, 6) is -6.56. The number of hydrogen-bond donors (Lipinski definition) is 6. The highest BCUT2D eigenvalue weighted by Gasteiger charge is 2.39. The van der Waals surface area contributed by atoms with E-state index in [-0.39, 0.29) is 46.1 Å². The molecule has 0 fully saturated rings. The summed E-state index contributed by atoms with van der Waals surface area (Å²) in [7, 11) is -9.08. The molecule has 0 amide bonds. The van der Waals surface area contributed by atoms with Gasteiger partial charge in [-0.2, -0.15) is 36.3 Å². The number of nitrogens with one attached hydrogen (secondary N) is 1. The molecule has 2 aromatic carbocycles. The van der Waals surface area contributed by atoms with Gasteiger partial charge in [0.15, 0.2) is 21.5 Å². The second kappa shape index (κ2) is 19.4. The zero-order valence-electron chi connectivity index (χ0n) is 25.5. The van der Waals surface area contributed by atoms with Crippen molar-refractivity contribution in [3.05, 3.63) is 47.8 Å². The van der Waals surface area contributed by atoms with Crippen LogP contribution in [0.4, 0.5) is 30.7 Å². The summed E-state index contributed by atoms with van der Waals surface area (Å²) in [4.78, 5) is 27.9. The van der Waals surface area contributed by atoms with E-state index in [1.165, 1.54) is 18.2 Å². The van der Waals surface area contributed by atoms with Crippen LogP contribution in [0.5, 0.6) is 17.2 Å². The van der Waals surface area contributed by atoms with Crippen molar-refractivity contribution < 1.29 is 82.4 Å². The lowest BCUT2D eigenvalue weighted by Gasteiger charge is -2.14. The Hall–Kier alpha value is -4.24. The van der Waals surface area contributed by atoms with Gasteiger partial charge in [0.25, 0.3) is 10.0 Å². The summed E-state index contributed by atoms with van der Waals surface area (Å²) < 4.78 is 135. The molecule has 0 saturated carbocycles. The standard InChI is InChI=1S/C22H26FN4O7PS2.2C2HF3O2/c23-20-19-16(13-26)21(33-11-5-9-25)17(32-10-4-8-24)12-18(19)36-22(20)37(30,31)27-14-35(28,29)34-15-6-2-1-3-7-15;2*3-2(4,5)1(6)7/h1-3,6-7,12,27H,4-5,8-11,14,24-25H2,(H,28,29);2*(H,6,7). The monoisotopic (exact) mass is 800 g/mol. The van der Waals surface area contributed by atoms with Crippen molar-refractivity contribution in [3.63, 3.8) is 0 Å². The molecule has 0 aliphatic carbocycles. The van der Waals surface area contributed by atoms with E-state index in [4.69, 9.17) is 45.3 Å². The molecule has 8 N–H and O–H groups in total. The molecule has 1 unspecified atom stereocenters. The van der Waals surface area contributed by atoms with E-state index in [2.05, 4.69) is 0 Å². The Morgan fingerprint density at radius 2 is 1.45 bits per heavy atom. The summed E-state index contributed by atoms with van der Waals surface area (Å²) in [6.07, 6.45) is -10.2. The van der Waals surface area contributed by atoms with E-state index in [1.807, 2.05) is 10.8 Å². The van der Waals surface area contributed by atoms with Gasteiger partial charge in [-0.05, 0) is 38.1 Å². The third kappa shape index (κ3) is 14.5. The molecule has 1 atom stereocenters. The first kappa shape index (κ1) is 44.8. The van der Waals surface area contributed by atoms with Crippen LogP contribution in [0.15, 0.2) is 40.6 Å². The van der Waals surface area contributed by atoms with E-state index in [1.54, 1.807) is 18.2 Å². The fourth-order valence-corrected chi connectivity index (χ4v) is 7.18. The fraction of sp³-hybridized carbons (Fsp3) is 0.346. The second-order valence-electron chi connectivity index (χ2n) is 9.20. The Labute approximate surface area is 287 Å². The molecule has 0 aliphatic rings. The first-order valence-electron chi connectivity index (χ1n) is 13.5. The van der Waals surface area contributed by atoms with E-state index in [9.17, 15) is 49.5 Å². The Balaban J connectivity index is 0.000000780. The van der Waals surface area contributed by atoms with E-state index in [0.29, 0.717) is 37.3 Å². The molecule has 1 heterocycles. The molecule has 284 valence electrons. The number of nitriles is 1. The number of fused-ring (bicyclic) bond motifs is 1. The van der Waals surface area contributed by atoms with Gasteiger partial charge in [0.1, 0.15) is 23.7 Å². The number of sulfonamides is 1. The Bertz CT molecular complexity index is 1810. The number of aliphatic carboxylic acids is 2. The van der Waals surface area contributed by atoms with Crippen molar-refractivity contribution in [2.24, 2.45) is 11.5 Å². The van der Waals surface area contributed by atoms with Gasteiger partial charge in [-0.15, -0.1) is 11.3 Å². The SMILES string of the molecule is N#Cc1c(OCCCN)c(OCCCN)cc2sc(S(=O)(=O)NCP(=O)(O)Oc3ccccc3)c(F)c12.O=C(O)C(F)(F)F.O=C(O)C(F)(F)F. The molecule has 0 spiro atoms. The number of nitrogens with zero attached hydrogens (tertiary/aromatic N) is 1. The first-order chi connectivity index (χ1) is 23.5. The molecular weight excluding hydrogens is 772 g/mol.